The van der Waals surface area contributed by atoms with Gasteiger partial charge in [-0.25, -0.2) is 0 Å². The molecule has 2 heteroatoms. The molecular formula is C16H21NO. The second-order valence-electron chi connectivity index (χ2n) is 5.36. The van der Waals surface area contributed by atoms with E-state index in [-0.39, 0.29) is 0 Å². The Balaban J connectivity index is 2.01. The Morgan fingerprint density at radius 3 is 2.33 bits per heavy atom. The van der Waals surface area contributed by atoms with Gasteiger partial charge in [0, 0.05) is 6.08 Å². The third-order valence-corrected chi connectivity index (χ3v) is 3.86. The van der Waals surface area contributed by atoms with Crippen molar-refractivity contribution < 1.29 is 4.79 Å². The Morgan fingerprint density at radius 1 is 1.17 bits per heavy atom. The number of carbonyl (C=O) groups excluding carboxylic acids is 1. The standard InChI is InChI=1S/C16H21NO/c1-12-2-7-14(8-3-12)15-9-4-13(5-10-15)6-11-16(17)18/h4-6,9-12,14H,2-3,7-8H2,1H3,(H2,17,18)/b11-6+. The first kappa shape index (κ1) is 12.9. The minimum absolute atomic E-state index is 0.402. The summed E-state index contributed by atoms with van der Waals surface area (Å²) in [6.07, 6.45) is 8.45. The maximum Gasteiger partial charge on any atom is 0.241 e. The van der Waals surface area contributed by atoms with Gasteiger partial charge >= 0.3 is 0 Å². The van der Waals surface area contributed by atoms with Gasteiger partial charge in [-0.1, -0.05) is 44.0 Å². The molecule has 2 N–H and O–H groups in total. The molecule has 0 bridgehead atoms. The molecule has 96 valence electrons. The molecule has 0 aliphatic heterocycles. The van der Waals surface area contributed by atoms with Crippen molar-refractivity contribution in [3.8, 4) is 0 Å². The third kappa shape index (κ3) is 3.46. The van der Waals surface area contributed by atoms with Crippen molar-refractivity contribution in [2.24, 2.45) is 11.7 Å². The molecule has 0 atom stereocenters. The van der Waals surface area contributed by atoms with E-state index in [1.54, 1.807) is 6.08 Å². The molecule has 0 heterocycles. The van der Waals surface area contributed by atoms with Crippen molar-refractivity contribution in [3.05, 3.63) is 41.5 Å². The Morgan fingerprint density at radius 2 is 1.78 bits per heavy atom. The number of hydrogen-bond acceptors (Lipinski definition) is 1. The lowest BCUT2D eigenvalue weighted by atomic mass is 9.79. The van der Waals surface area contributed by atoms with Crippen LogP contribution in [0.15, 0.2) is 30.3 Å². The fourth-order valence-corrected chi connectivity index (χ4v) is 2.65. The summed E-state index contributed by atoms with van der Waals surface area (Å²) in [5, 5.41) is 0. The van der Waals surface area contributed by atoms with Gasteiger partial charge in [0.15, 0.2) is 0 Å². The predicted molar refractivity (Wildman–Crippen MR) is 75.0 cm³/mol. The van der Waals surface area contributed by atoms with E-state index in [9.17, 15) is 4.79 Å². The fraction of sp³-hybridized carbons (Fsp3) is 0.438. The summed E-state index contributed by atoms with van der Waals surface area (Å²) in [5.41, 5.74) is 7.53. The summed E-state index contributed by atoms with van der Waals surface area (Å²) in [6.45, 7) is 2.34. The first-order valence-corrected chi connectivity index (χ1v) is 6.72. The van der Waals surface area contributed by atoms with Crippen molar-refractivity contribution in [3.63, 3.8) is 0 Å². The Kier molecular flexibility index (Phi) is 4.19. The third-order valence-electron chi connectivity index (χ3n) is 3.86. The van der Waals surface area contributed by atoms with Crippen molar-refractivity contribution in [2.45, 2.75) is 38.5 Å². The van der Waals surface area contributed by atoms with Crippen LogP contribution >= 0.6 is 0 Å². The highest BCUT2D eigenvalue weighted by Gasteiger charge is 2.19. The van der Waals surface area contributed by atoms with E-state index in [1.165, 1.54) is 37.3 Å². The van der Waals surface area contributed by atoms with Gasteiger partial charge in [0.1, 0.15) is 0 Å². The van der Waals surface area contributed by atoms with Crippen molar-refractivity contribution >= 4 is 12.0 Å². The van der Waals surface area contributed by atoms with Crippen LogP contribution in [0.3, 0.4) is 0 Å². The molecule has 0 unspecified atom stereocenters. The molecule has 0 aromatic heterocycles. The summed E-state index contributed by atoms with van der Waals surface area (Å²) >= 11 is 0. The van der Waals surface area contributed by atoms with Crippen LogP contribution in [0, 0.1) is 5.92 Å². The summed E-state index contributed by atoms with van der Waals surface area (Å²) in [6, 6.07) is 8.49. The van der Waals surface area contributed by atoms with Crippen LogP contribution in [0.5, 0.6) is 0 Å². The van der Waals surface area contributed by atoms with E-state index in [4.69, 9.17) is 5.73 Å². The van der Waals surface area contributed by atoms with Gasteiger partial charge in [0.2, 0.25) is 5.91 Å². The average molecular weight is 243 g/mol. The molecule has 0 radical (unpaired) electrons. The Bertz CT molecular complexity index is 425. The average Bonchev–Trinajstić information content (AvgIpc) is 2.38. The van der Waals surface area contributed by atoms with Crippen LogP contribution in [0.1, 0.15) is 49.7 Å². The SMILES string of the molecule is CC1CCC(c2ccc(/C=C/C(N)=O)cc2)CC1. The molecule has 0 saturated heterocycles. The van der Waals surface area contributed by atoms with Crippen molar-refractivity contribution in [2.75, 3.05) is 0 Å². The summed E-state index contributed by atoms with van der Waals surface area (Å²) in [5.74, 6) is 1.20. The zero-order valence-electron chi connectivity index (χ0n) is 10.9. The van der Waals surface area contributed by atoms with Crippen LogP contribution in [-0.2, 0) is 4.79 Å². The lowest BCUT2D eigenvalue weighted by molar-refractivity contribution is -0.113. The molecule has 1 aliphatic carbocycles. The van der Waals surface area contributed by atoms with Gasteiger partial charge in [0.05, 0.1) is 0 Å². The monoisotopic (exact) mass is 243 g/mol. The van der Waals surface area contributed by atoms with Crippen molar-refractivity contribution in [1.29, 1.82) is 0 Å². The highest BCUT2D eigenvalue weighted by atomic mass is 16.1. The molecule has 18 heavy (non-hydrogen) atoms. The van der Waals surface area contributed by atoms with E-state index in [1.807, 2.05) is 0 Å². The second kappa shape index (κ2) is 5.85. The quantitative estimate of drug-likeness (QED) is 0.811. The number of amides is 1. The fourth-order valence-electron chi connectivity index (χ4n) is 2.65. The van der Waals surface area contributed by atoms with Crippen LogP contribution in [0.25, 0.3) is 6.08 Å². The van der Waals surface area contributed by atoms with E-state index in [0.717, 1.165) is 17.4 Å². The predicted octanol–water partition coefficient (Wildman–Crippen LogP) is 3.48. The molecule has 2 nitrogen and oxygen atoms in total. The molecule has 1 aromatic rings. The van der Waals surface area contributed by atoms with Crippen LogP contribution in [0.4, 0.5) is 0 Å². The molecule has 1 aromatic carbocycles. The molecular weight excluding hydrogens is 222 g/mol. The van der Waals surface area contributed by atoms with E-state index >= 15 is 0 Å². The maximum absolute atomic E-state index is 10.7. The number of rotatable bonds is 3. The number of carbonyl (C=O) groups is 1. The van der Waals surface area contributed by atoms with Gasteiger partial charge in [-0.2, -0.15) is 0 Å². The van der Waals surface area contributed by atoms with Crippen LogP contribution in [0.2, 0.25) is 0 Å². The highest BCUT2D eigenvalue weighted by molar-refractivity contribution is 5.90. The number of benzene rings is 1. The molecule has 0 spiro atoms. The molecule has 1 amide bonds. The zero-order chi connectivity index (χ0) is 13.0. The van der Waals surface area contributed by atoms with Gasteiger partial charge in [-0.15, -0.1) is 0 Å². The molecule has 1 aliphatic rings. The Labute approximate surface area is 109 Å². The first-order valence-electron chi connectivity index (χ1n) is 6.72. The van der Waals surface area contributed by atoms with Crippen LogP contribution < -0.4 is 5.73 Å². The van der Waals surface area contributed by atoms with Gasteiger partial charge in [0.25, 0.3) is 0 Å². The molecule has 2 rings (SSSR count). The number of hydrogen-bond donors (Lipinski definition) is 1. The van der Waals surface area contributed by atoms with Crippen LogP contribution in [-0.4, -0.2) is 5.91 Å². The van der Waals surface area contributed by atoms with E-state index in [0.29, 0.717) is 0 Å². The number of primary amides is 1. The van der Waals surface area contributed by atoms with Gasteiger partial charge in [-0.05, 0) is 41.9 Å². The lowest BCUT2D eigenvalue weighted by Gasteiger charge is -2.26. The Hall–Kier alpha value is -1.57. The minimum Gasteiger partial charge on any atom is -0.366 e. The van der Waals surface area contributed by atoms with E-state index < -0.39 is 5.91 Å². The van der Waals surface area contributed by atoms with Crippen molar-refractivity contribution in [1.82, 2.24) is 0 Å². The maximum atomic E-state index is 10.7. The second-order valence-corrected chi connectivity index (χ2v) is 5.36. The van der Waals surface area contributed by atoms with Gasteiger partial charge in [-0.3, -0.25) is 4.79 Å². The number of nitrogens with two attached hydrogens (primary N) is 1. The smallest absolute Gasteiger partial charge is 0.241 e. The highest BCUT2D eigenvalue weighted by Crippen LogP contribution is 2.35. The zero-order valence-corrected chi connectivity index (χ0v) is 10.9. The summed E-state index contributed by atoms with van der Waals surface area (Å²) in [7, 11) is 0. The van der Waals surface area contributed by atoms with E-state index in [2.05, 4.69) is 31.2 Å². The molecule has 1 fully saturated rings. The summed E-state index contributed by atoms with van der Waals surface area (Å²) in [4.78, 5) is 10.7. The topological polar surface area (TPSA) is 43.1 Å². The van der Waals surface area contributed by atoms with Gasteiger partial charge < -0.3 is 5.73 Å². The largest absolute Gasteiger partial charge is 0.366 e. The molecule has 1 saturated carbocycles. The lowest BCUT2D eigenvalue weighted by Crippen LogP contribution is -2.10. The minimum atomic E-state index is -0.402. The summed E-state index contributed by atoms with van der Waals surface area (Å²) < 4.78 is 0. The first-order chi connectivity index (χ1) is 8.65. The normalized spacial score (nSPS) is 24.3.